The summed E-state index contributed by atoms with van der Waals surface area (Å²) in [5.41, 5.74) is 2.60. The Morgan fingerprint density at radius 2 is 1.66 bits per heavy atom. The van der Waals surface area contributed by atoms with E-state index in [9.17, 15) is 13.2 Å². The molecule has 0 saturated heterocycles. The summed E-state index contributed by atoms with van der Waals surface area (Å²) in [4.78, 5) is 24.4. The lowest BCUT2D eigenvalue weighted by Gasteiger charge is -2.24. The van der Waals surface area contributed by atoms with Crippen molar-refractivity contribution in [2.24, 2.45) is 0 Å². The van der Waals surface area contributed by atoms with Crippen molar-refractivity contribution in [3.63, 3.8) is 0 Å². The van der Waals surface area contributed by atoms with E-state index >= 15 is 0 Å². The molecule has 0 bridgehead atoms. The van der Waals surface area contributed by atoms with Crippen molar-refractivity contribution in [2.75, 3.05) is 25.5 Å². The van der Waals surface area contributed by atoms with Gasteiger partial charge in [-0.25, -0.2) is 18.4 Å². The number of carbonyl (C=O) groups is 1. The van der Waals surface area contributed by atoms with E-state index in [2.05, 4.69) is 29.9 Å². The van der Waals surface area contributed by atoms with Crippen LogP contribution in [0.5, 0.6) is 11.5 Å². The number of nitrogens with zero attached hydrogens (tertiary/aromatic N) is 6. The van der Waals surface area contributed by atoms with Crippen molar-refractivity contribution in [3.05, 3.63) is 66.0 Å². The SMILES string of the molecule is COc1cccc(OC)c1-n1c(NS(=O)(=O)[C@@H](C)[C@H](OCC(C)=O)c2ncc(C)cn2)nnc1-c1cncc(C)c1. The molecule has 1 N–H and O–H groups in total. The van der Waals surface area contributed by atoms with E-state index in [0.717, 1.165) is 11.1 Å². The molecule has 0 radical (unpaired) electrons. The molecule has 1 aromatic carbocycles. The number of anilines is 1. The molecule has 0 aliphatic rings. The van der Waals surface area contributed by atoms with E-state index in [1.807, 2.05) is 13.0 Å². The molecular formula is C27H31N7O6S. The number of ether oxygens (including phenoxy) is 3. The average molecular weight is 582 g/mol. The number of Topliss-reactive ketones (excluding diaryl/α,β-unsaturated/α-hetero) is 1. The minimum atomic E-state index is -4.25. The average Bonchev–Trinajstić information content (AvgIpc) is 3.35. The van der Waals surface area contributed by atoms with Crippen molar-refractivity contribution < 1.29 is 27.4 Å². The molecule has 14 heteroatoms. The Hall–Kier alpha value is -4.43. The molecule has 0 aliphatic carbocycles. The maximum absolute atomic E-state index is 13.8. The molecule has 13 nitrogen and oxygen atoms in total. The van der Waals surface area contributed by atoms with Crippen LogP contribution in [0.1, 0.15) is 36.9 Å². The van der Waals surface area contributed by atoms with E-state index in [0.29, 0.717) is 28.6 Å². The fraction of sp³-hybridized carbons (Fsp3) is 0.333. The Morgan fingerprint density at radius 1 is 1.00 bits per heavy atom. The summed E-state index contributed by atoms with van der Waals surface area (Å²) >= 11 is 0. The van der Waals surface area contributed by atoms with E-state index < -0.39 is 21.4 Å². The number of carbonyl (C=O) groups excluding carboxylic acids is 1. The summed E-state index contributed by atoms with van der Waals surface area (Å²) < 4.78 is 48.6. The van der Waals surface area contributed by atoms with Gasteiger partial charge in [-0.1, -0.05) is 6.07 Å². The molecule has 3 heterocycles. The number of hydrogen-bond donors (Lipinski definition) is 1. The number of aryl methyl sites for hydroxylation is 2. The van der Waals surface area contributed by atoms with Crippen molar-refractivity contribution in [1.82, 2.24) is 29.7 Å². The first kappa shape index (κ1) is 29.6. The summed E-state index contributed by atoms with van der Waals surface area (Å²) in [6.07, 6.45) is 5.22. The lowest BCUT2D eigenvalue weighted by molar-refractivity contribution is -0.123. The van der Waals surface area contributed by atoms with Crippen LogP contribution in [-0.2, 0) is 19.6 Å². The van der Waals surface area contributed by atoms with Gasteiger partial charge in [-0.2, -0.15) is 0 Å². The molecular weight excluding hydrogens is 550 g/mol. The molecule has 4 aromatic rings. The topological polar surface area (TPSA) is 160 Å². The zero-order valence-electron chi connectivity index (χ0n) is 23.5. The van der Waals surface area contributed by atoms with Gasteiger partial charge in [0.25, 0.3) is 0 Å². The maximum atomic E-state index is 13.8. The molecule has 0 unspecified atom stereocenters. The molecule has 0 aliphatic heterocycles. The van der Waals surface area contributed by atoms with Gasteiger partial charge in [0.2, 0.25) is 16.0 Å². The molecule has 0 saturated carbocycles. The van der Waals surface area contributed by atoms with Crippen LogP contribution in [-0.4, -0.2) is 70.0 Å². The number of nitrogens with one attached hydrogen (secondary N) is 1. The van der Waals surface area contributed by atoms with Crippen LogP contribution in [0.3, 0.4) is 0 Å². The zero-order chi connectivity index (χ0) is 29.7. The van der Waals surface area contributed by atoms with E-state index in [-0.39, 0.29) is 24.2 Å². The largest absolute Gasteiger partial charge is 0.494 e. The van der Waals surface area contributed by atoms with Crippen LogP contribution in [0.15, 0.2) is 49.1 Å². The molecule has 41 heavy (non-hydrogen) atoms. The predicted octanol–water partition coefficient (Wildman–Crippen LogP) is 3.23. The summed E-state index contributed by atoms with van der Waals surface area (Å²) in [6, 6.07) is 7.00. The van der Waals surface area contributed by atoms with E-state index in [4.69, 9.17) is 14.2 Å². The molecule has 4 rings (SSSR count). The molecule has 3 aromatic heterocycles. The lowest BCUT2D eigenvalue weighted by Crippen LogP contribution is -2.34. The number of hydrogen-bond acceptors (Lipinski definition) is 11. The number of ketones is 1. The van der Waals surface area contributed by atoms with Gasteiger partial charge >= 0.3 is 0 Å². The van der Waals surface area contributed by atoms with Crippen LogP contribution in [0.2, 0.25) is 0 Å². The monoisotopic (exact) mass is 581 g/mol. The highest BCUT2D eigenvalue weighted by molar-refractivity contribution is 7.93. The van der Waals surface area contributed by atoms with Gasteiger partial charge < -0.3 is 14.2 Å². The predicted molar refractivity (Wildman–Crippen MR) is 151 cm³/mol. The van der Waals surface area contributed by atoms with Crippen molar-refractivity contribution >= 4 is 21.8 Å². The van der Waals surface area contributed by atoms with Crippen molar-refractivity contribution in [2.45, 2.75) is 39.0 Å². The Morgan fingerprint density at radius 3 is 2.24 bits per heavy atom. The number of pyridine rings is 1. The molecule has 216 valence electrons. The highest BCUT2D eigenvalue weighted by Gasteiger charge is 2.36. The van der Waals surface area contributed by atoms with Crippen LogP contribution < -0.4 is 14.2 Å². The van der Waals surface area contributed by atoms with Gasteiger partial charge in [0.15, 0.2) is 17.4 Å². The number of sulfonamides is 1. The third-order valence-corrected chi connectivity index (χ3v) is 7.79. The van der Waals surface area contributed by atoms with Gasteiger partial charge in [0.1, 0.15) is 35.1 Å². The normalized spacial score (nSPS) is 12.9. The summed E-state index contributed by atoms with van der Waals surface area (Å²) in [6.45, 7) is 6.14. The molecule has 2 atom stereocenters. The smallest absolute Gasteiger partial charge is 0.243 e. The Labute approximate surface area is 238 Å². The summed E-state index contributed by atoms with van der Waals surface area (Å²) in [5, 5.41) is 7.25. The Balaban J connectivity index is 1.84. The standard InChI is InChI=1S/C27H31N7O6S/c1-16-10-20(14-28-11-16)26-31-32-27(34(26)23-21(38-5)8-7-9-22(23)39-6)33-41(36,37)19(4)24(40-15-18(3)35)25-29-12-17(2)13-30-25/h7-14,19,24H,15H2,1-6H3,(H,32,33)/t19-,24-/m0/s1. The lowest BCUT2D eigenvalue weighted by atomic mass is 10.2. The van der Waals surface area contributed by atoms with Crippen LogP contribution in [0.25, 0.3) is 17.1 Å². The van der Waals surface area contributed by atoms with Gasteiger partial charge in [0, 0.05) is 30.4 Å². The summed E-state index contributed by atoms with van der Waals surface area (Å²) in [5.74, 6) is 0.769. The quantitative estimate of drug-likeness (QED) is 0.262. The minimum absolute atomic E-state index is 0.120. The highest BCUT2D eigenvalue weighted by atomic mass is 32.2. The third kappa shape index (κ3) is 6.49. The zero-order valence-corrected chi connectivity index (χ0v) is 24.3. The second-order valence-corrected chi connectivity index (χ2v) is 11.4. The Bertz CT molecular complexity index is 1620. The number of para-hydroxylation sites is 1. The first-order valence-corrected chi connectivity index (χ1v) is 14.1. The molecule has 0 spiro atoms. The maximum Gasteiger partial charge on any atom is 0.243 e. The van der Waals surface area contributed by atoms with Gasteiger partial charge in [-0.05, 0) is 57.0 Å². The first-order chi connectivity index (χ1) is 19.6. The van der Waals surface area contributed by atoms with Crippen molar-refractivity contribution in [1.29, 1.82) is 0 Å². The second kappa shape index (κ2) is 12.4. The highest BCUT2D eigenvalue weighted by Crippen LogP contribution is 2.38. The van der Waals surface area contributed by atoms with Gasteiger partial charge in [0.05, 0.1) is 14.2 Å². The Kier molecular flexibility index (Phi) is 8.93. The molecule has 0 amide bonds. The van der Waals surface area contributed by atoms with E-state index in [1.165, 1.54) is 32.6 Å². The van der Waals surface area contributed by atoms with Gasteiger partial charge in [-0.15, -0.1) is 10.2 Å². The molecule has 0 fully saturated rings. The fourth-order valence-electron chi connectivity index (χ4n) is 4.04. The number of methoxy groups -OCH3 is 2. The summed E-state index contributed by atoms with van der Waals surface area (Å²) in [7, 11) is -1.28. The van der Waals surface area contributed by atoms with Crippen LogP contribution in [0.4, 0.5) is 5.95 Å². The minimum Gasteiger partial charge on any atom is -0.494 e. The van der Waals surface area contributed by atoms with Crippen molar-refractivity contribution in [3.8, 4) is 28.6 Å². The van der Waals surface area contributed by atoms with Crippen LogP contribution in [0, 0.1) is 13.8 Å². The number of aromatic nitrogens is 6. The van der Waals surface area contributed by atoms with Gasteiger partial charge in [-0.3, -0.25) is 19.1 Å². The van der Waals surface area contributed by atoms with E-state index in [1.54, 1.807) is 49.9 Å². The van der Waals surface area contributed by atoms with Crippen LogP contribution >= 0.6 is 0 Å². The second-order valence-electron chi connectivity index (χ2n) is 9.35. The number of rotatable bonds is 12. The third-order valence-electron chi connectivity index (χ3n) is 6.09. The number of benzene rings is 1. The fourth-order valence-corrected chi connectivity index (χ4v) is 5.14. The first-order valence-electron chi connectivity index (χ1n) is 12.6.